The van der Waals surface area contributed by atoms with Crippen molar-refractivity contribution in [2.45, 2.75) is 114 Å². The summed E-state index contributed by atoms with van der Waals surface area (Å²) in [5.74, 6) is -2.64. The molecule has 17 aromatic rings. The lowest BCUT2D eigenvalue weighted by Crippen LogP contribution is -2.35. The number of benzene rings is 10. The Hall–Kier alpha value is -15.1. The van der Waals surface area contributed by atoms with Gasteiger partial charge in [-0.15, -0.1) is 0 Å². The van der Waals surface area contributed by atoms with Crippen LogP contribution in [0.3, 0.4) is 0 Å². The number of amides is 3. The summed E-state index contributed by atoms with van der Waals surface area (Å²) in [6, 6.07) is 41.8. The maximum absolute atomic E-state index is 16.0. The van der Waals surface area contributed by atoms with E-state index in [9.17, 15) is 49.0 Å². The van der Waals surface area contributed by atoms with Gasteiger partial charge in [0.25, 0.3) is 29.1 Å². The highest BCUT2D eigenvalue weighted by atomic mass is 19.1. The number of non-ortho nitro benzene ring substituents is 2. The van der Waals surface area contributed by atoms with E-state index in [1.54, 1.807) is 51.4 Å². The van der Waals surface area contributed by atoms with Crippen molar-refractivity contribution in [3.8, 4) is 17.2 Å². The number of nitro benzene ring substituents is 2. The summed E-state index contributed by atoms with van der Waals surface area (Å²) in [6.45, 7) is 13.1. The van der Waals surface area contributed by atoms with Crippen molar-refractivity contribution in [3.05, 3.63) is 255 Å². The van der Waals surface area contributed by atoms with Crippen molar-refractivity contribution < 1.29 is 59.8 Å². The molecule has 0 bridgehead atoms. The highest BCUT2D eigenvalue weighted by molar-refractivity contribution is 6.10. The van der Waals surface area contributed by atoms with Gasteiger partial charge in [0.15, 0.2) is 73.6 Å². The number of pyridine rings is 3. The average molecular weight is 1930 g/mol. The first kappa shape index (κ1) is 93.2. The van der Waals surface area contributed by atoms with E-state index in [1.165, 1.54) is 54.9 Å². The molecule has 4 atom stereocenters. The van der Waals surface area contributed by atoms with Gasteiger partial charge in [-0.05, 0) is 215 Å². The summed E-state index contributed by atoms with van der Waals surface area (Å²) in [5, 5.41) is 43.3. The van der Waals surface area contributed by atoms with E-state index >= 15 is 13.2 Å². The Labute approximate surface area is 808 Å². The first-order chi connectivity index (χ1) is 68.9. The molecule has 0 spiro atoms. The largest absolute Gasteiger partial charge is 0.453 e. The minimum atomic E-state index is -0.659. The van der Waals surface area contributed by atoms with Crippen molar-refractivity contribution in [1.82, 2.24) is 63.8 Å². The van der Waals surface area contributed by atoms with Gasteiger partial charge < -0.3 is 102 Å². The second-order valence-electron chi connectivity index (χ2n) is 38.1. The van der Waals surface area contributed by atoms with E-state index < -0.39 is 61.3 Å². The Morgan fingerprint density at radius 1 is 0.444 bits per heavy atom. The molecule has 3 amide bonds. The number of nitrogens with one attached hydrogen (secondary N) is 8. The van der Waals surface area contributed by atoms with E-state index in [2.05, 4.69) is 94.4 Å². The molecule has 0 saturated carbocycles. The van der Waals surface area contributed by atoms with Crippen LogP contribution < -0.4 is 52.9 Å². The highest BCUT2D eigenvalue weighted by Gasteiger charge is 2.34. The molecule has 142 heavy (non-hydrogen) atoms. The van der Waals surface area contributed by atoms with Gasteiger partial charge in [-0.1, -0.05) is 61.5 Å². The predicted octanol–water partition coefficient (Wildman–Crippen LogP) is 18.3. The lowest BCUT2D eigenvalue weighted by Gasteiger charge is -2.27. The van der Waals surface area contributed by atoms with Crippen LogP contribution in [0, 0.1) is 37.7 Å². The number of hydrogen-bond acceptors (Lipinski definition) is 23. The number of rotatable bonds is 26. The molecule has 7 aromatic heterocycles. The third-order valence-electron chi connectivity index (χ3n) is 29.1. The zero-order valence-corrected chi connectivity index (χ0v) is 78.9. The van der Waals surface area contributed by atoms with Crippen LogP contribution in [0.4, 0.5) is 41.6 Å². The zero-order valence-electron chi connectivity index (χ0n) is 78.9. The minimum absolute atomic E-state index is 0.00385. The van der Waals surface area contributed by atoms with Crippen LogP contribution in [0.1, 0.15) is 133 Å². The SMILES string of the molecule is CC(CNc1c(F)cc2c(=O)c(C(=O)NCCC3CCCN3C)cn3c2c1Oc1cc2ccccc2cc1-3)c1ccccc1.CN1CCCC1CCNC(=O)c1cn2c3cc4oc5cc([N+](=O)[O-])ccc5[nH]c4cc3oc3c(NCCN4CCCC4)c(F)cc(c1=O)c32.CN1CCCC1CCNc1c(F)cc2c(=O)c(C(=O)NCCN3CCCC3)cn3c4cc5oc6cc([N+](=O)[O-])ccc6[nH]c5cc4oc1c23. The number of carbonyl (C=O) groups is 3. The fraction of sp³-hybridized carbons (Fsp3) is 0.340. The standard InChI is InChI=1S/C36H35FN4O3.2C35H36FN7O6/c1-22(23-9-4-3-5-10-23)20-39-32-29(37)19-27-33-35(32)44-31-18-25-12-7-6-11-24(25)17-30(31)41(33)21-28(34(27)42)36(43)38-15-14-26-13-8-16-40(26)2;1-40-11-4-5-20(40)8-9-38-35(45)23-19-42-27-18-29-26(39-25-7-6-21(43(46)47)15-28(25)48-29)17-30(27)49-34-31(37-10-14-41-12-2-3-13-41)24(36)16-22(32(34)42)33(23)44;1-40-11-4-5-20(40)8-9-37-31-24(36)16-22-32-34(31)49-30-17-26-29(48-28-15-21(43(46)47)6-7-25(28)39-26)18-27(30)42(32)19-23(33(22)44)35(45)38-10-14-41-12-2-3-13-41/h3-7,9-12,17-19,21-22,26,39H,8,13-16,20H2,1-2H3,(H,38,43);2*6-7,15-20,37,39H,2-5,8-14H2,1H3,(H,38,45). The van der Waals surface area contributed by atoms with E-state index in [0.29, 0.717) is 147 Å². The number of H-pyrrole nitrogens is 2. The Balaban J connectivity index is 0.000000126. The number of aromatic amines is 2. The van der Waals surface area contributed by atoms with Crippen molar-refractivity contribution in [2.75, 3.05) is 135 Å². The van der Waals surface area contributed by atoms with E-state index in [4.69, 9.17) is 22.4 Å². The molecule has 0 aliphatic carbocycles. The third kappa shape index (κ3) is 18.2. The monoisotopic (exact) mass is 1930 g/mol. The van der Waals surface area contributed by atoms with E-state index in [0.717, 1.165) is 152 Å². The molecule has 732 valence electrons. The van der Waals surface area contributed by atoms with E-state index in [1.807, 2.05) is 71.3 Å². The summed E-state index contributed by atoms with van der Waals surface area (Å²) >= 11 is 0. The Bertz CT molecular complexity index is 8190. The maximum atomic E-state index is 16.0. The van der Waals surface area contributed by atoms with Crippen LogP contribution in [-0.4, -0.2) is 213 Å². The molecule has 8 N–H and O–H groups in total. The molecule has 5 saturated heterocycles. The molecular formula is C106H107F3N18O15. The number of nitro groups is 2. The smallest absolute Gasteiger partial charge is 0.273 e. The normalized spacial score (nSPS) is 17.0. The lowest BCUT2D eigenvalue weighted by molar-refractivity contribution is -0.384. The molecule has 6 aliphatic rings. The number of carbonyl (C=O) groups excluding carboxylic acids is 3. The molecular weight excluding hydrogens is 1820 g/mol. The number of halogens is 3. The highest BCUT2D eigenvalue weighted by Crippen LogP contribution is 2.48. The summed E-state index contributed by atoms with van der Waals surface area (Å²) < 4.78 is 84.5. The second-order valence-corrected chi connectivity index (χ2v) is 38.1. The predicted molar refractivity (Wildman–Crippen MR) is 543 cm³/mol. The molecule has 10 aromatic carbocycles. The Kier molecular flexibility index (Phi) is 25.7. The first-order valence-electron chi connectivity index (χ1n) is 48.7. The maximum Gasteiger partial charge on any atom is 0.273 e. The van der Waals surface area contributed by atoms with Gasteiger partial charge in [0, 0.05) is 125 Å². The van der Waals surface area contributed by atoms with Gasteiger partial charge in [-0.25, -0.2) is 13.2 Å². The fourth-order valence-corrected chi connectivity index (χ4v) is 21.3. The van der Waals surface area contributed by atoms with Gasteiger partial charge in [0.1, 0.15) is 50.3 Å². The molecule has 5 fully saturated rings. The molecule has 6 aliphatic heterocycles. The first-order valence-corrected chi connectivity index (χ1v) is 48.7. The third-order valence-corrected chi connectivity index (χ3v) is 29.1. The van der Waals surface area contributed by atoms with Crippen LogP contribution in [0.5, 0.6) is 11.5 Å². The Morgan fingerprint density at radius 2 is 0.873 bits per heavy atom. The number of nitrogens with zero attached hydrogens (tertiary/aromatic N) is 10. The number of ether oxygens (including phenoxy) is 1. The Morgan fingerprint density at radius 3 is 1.35 bits per heavy atom. The van der Waals surface area contributed by atoms with Crippen LogP contribution >= 0.6 is 0 Å². The quantitative estimate of drug-likeness (QED) is 0.0108. The fourth-order valence-electron chi connectivity index (χ4n) is 21.3. The van der Waals surface area contributed by atoms with Crippen LogP contribution in [-0.2, 0) is 0 Å². The van der Waals surface area contributed by atoms with Crippen LogP contribution in [0.25, 0.3) is 127 Å². The van der Waals surface area contributed by atoms with Crippen LogP contribution in [0.2, 0.25) is 0 Å². The lowest BCUT2D eigenvalue weighted by atomic mass is 10.0. The number of likely N-dealkylation sites (tertiary alicyclic amines) is 5. The summed E-state index contributed by atoms with van der Waals surface area (Å²) in [7, 11) is 6.26. The van der Waals surface area contributed by atoms with Crippen LogP contribution in [0.15, 0.2) is 196 Å². The van der Waals surface area contributed by atoms with Gasteiger partial charge in [0.2, 0.25) is 16.3 Å². The van der Waals surface area contributed by atoms with E-state index in [-0.39, 0.29) is 95.3 Å². The van der Waals surface area contributed by atoms with Gasteiger partial charge in [-0.3, -0.25) is 49.0 Å². The van der Waals surface area contributed by atoms with Crippen molar-refractivity contribution in [1.29, 1.82) is 0 Å². The average Bonchev–Trinajstić information content (AvgIpc) is 0.938. The van der Waals surface area contributed by atoms with Crippen molar-refractivity contribution in [2.24, 2.45) is 0 Å². The van der Waals surface area contributed by atoms with Crippen molar-refractivity contribution in [3.63, 3.8) is 0 Å². The molecule has 0 radical (unpaired) electrons. The topological polar surface area (TPSA) is 384 Å². The molecule has 36 heteroatoms. The number of aromatic nitrogens is 5. The second kappa shape index (κ2) is 39.2. The number of fused-ring (bicyclic) bond motifs is 11. The summed E-state index contributed by atoms with van der Waals surface area (Å²) in [6.07, 6.45) is 18.0. The zero-order chi connectivity index (χ0) is 98.0. The summed E-state index contributed by atoms with van der Waals surface area (Å²) in [5.41, 5.74) is 6.24. The number of anilines is 3. The molecule has 23 rings (SSSR count). The summed E-state index contributed by atoms with van der Waals surface area (Å²) in [4.78, 5) is 122. The van der Waals surface area contributed by atoms with Gasteiger partial charge >= 0.3 is 0 Å². The van der Waals surface area contributed by atoms with Crippen molar-refractivity contribution >= 4 is 167 Å². The number of hydrogen-bond donors (Lipinski definition) is 8. The van der Waals surface area contributed by atoms with Gasteiger partial charge in [-0.2, -0.15) is 0 Å². The molecule has 13 heterocycles. The molecule has 33 nitrogen and oxygen atoms in total. The molecule has 4 unspecified atom stereocenters. The van der Waals surface area contributed by atoms with Gasteiger partial charge in [0.05, 0.1) is 76.9 Å². The minimum Gasteiger partial charge on any atom is -0.453 e.